The standard InChI is InChI=1S/C23H34BrClN2O5S/c1-22(2,3)33(29)26-20(15-11-17(25)16(24)12-18(15)30-6)14-7-9-27(10-8-14)21(28)19-13-31-23(4,5)32-19/h11-12,14,19-20,26H,7-10,13H2,1-6H3/t19-,20?,33+/m1/s1. The predicted molar refractivity (Wildman–Crippen MR) is 134 cm³/mol. The van der Waals surface area contributed by atoms with Crippen LogP contribution >= 0.6 is 27.5 Å². The lowest BCUT2D eigenvalue weighted by Crippen LogP contribution is -2.47. The zero-order valence-electron chi connectivity index (χ0n) is 20.1. The fourth-order valence-corrected chi connectivity index (χ4v) is 5.53. The summed E-state index contributed by atoms with van der Waals surface area (Å²) in [6.07, 6.45) is 0.932. The van der Waals surface area contributed by atoms with Crippen molar-refractivity contribution in [1.29, 1.82) is 0 Å². The lowest BCUT2D eigenvalue weighted by molar-refractivity contribution is -0.161. The van der Waals surface area contributed by atoms with Crippen molar-refractivity contribution in [3.8, 4) is 5.75 Å². The fraction of sp³-hybridized carbons (Fsp3) is 0.696. The molecule has 0 spiro atoms. The van der Waals surface area contributed by atoms with E-state index in [1.165, 1.54) is 0 Å². The summed E-state index contributed by atoms with van der Waals surface area (Å²) >= 11 is 9.88. The first kappa shape index (κ1) is 26.9. The van der Waals surface area contributed by atoms with E-state index in [4.69, 9.17) is 25.8 Å². The first-order chi connectivity index (χ1) is 15.3. The van der Waals surface area contributed by atoms with Crippen molar-refractivity contribution in [3.63, 3.8) is 0 Å². The molecule has 2 aliphatic heterocycles. The highest BCUT2D eigenvalue weighted by Gasteiger charge is 2.41. The summed E-state index contributed by atoms with van der Waals surface area (Å²) in [7, 11) is 0.317. The third kappa shape index (κ3) is 6.49. The number of methoxy groups -OCH3 is 1. The summed E-state index contributed by atoms with van der Waals surface area (Å²) in [5.41, 5.74) is 0.863. The van der Waals surface area contributed by atoms with Crippen LogP contribution in [0.2, 0.25) is 5.02 Å². The van der Waals surface area contributed by atoms with Crippen molar-refractivity contribution >= 4 is 44.4 Å². The molecule has 2 saturated heterocycles. The third-order valence-corrected chi connectivity index (χ3v) is 8.78. The highest BCUT2D eigenvalue weighted by Crippen LogP contribution is 2.40. The van der Waals surface area contributed by atoms with E-state index in [9.17, 15) is 9.00 Å². The van der Waals surface area contributed by atoms with Gasteiger partial charge in [0, 0.05) is 23.1 Å². The maximum Gasteiger partial charge on any atom is 0.254 e. The van der Waals surface area contributed by atoms with Crippen molar-refractivity contribution in [2.45, 2.75) is 70.1 Å². The molecule has 0 saturated carbocycles. The van der Waals surface area contributed by atoms with Crippen molar-refractivity contribution in [3.05, 3.63) is 27.2 Å². The van der Waals surface area contributed by atoms with Gasteiger partial charge in [0.2, 0.25) is 0 Å². The lowest BCUT2D eigenvalue weighted by Gasteiger charge is -2.38. The van der Waals surface area contributed by atoms with Crippen LogP contribution in [0.4, 0.5) is 0 Å². The molecule has 0 radical (unpaired) electrons. The summed E-state index contributed by atoms with van der Waals surface area (Å²) in [5.74, 6) is 0.0453. The number of nitrogens with zero attached hydrogens (tertiary/aromatic N) is 1. The van der Waals surface area contributed by atoms with Crippen LogP contribution in [-0.2, 0) is 25.3 Å². The second-order valence-electron chi connectivity index (χ2n) is 9.96. The lowest BCUT2D eigenvalue weighted by atomic mass is 9.85. The van der Waals surface area contributed by atoms with E-state index in [2.05, 4.69) is 20.7 Å². The molecule has 0 bridgehead atoms. The van der Waals surface area contributed by atoms with Gasteiger partial charge in [-0.1, -0.05) is 11.6 Å². The molecular formula is C23H34BrClN2O5S. The Morgan fingerprint density at radius 1 is 1.33 bits per heavy atom. The normalized spacial score (nSPS) is 23.4. The molecule has 33 heavy (non-hydrogen) atoms. The van der Waals surface area contributed by atoms with Gasteiger partial charge in [-0.3, -0.25) is 4.79 Å². The minimum atomic E-state index is -1.30. The number of carbonyl (C=O) groups excluding carboxylic acids is 1. The number of hydrogen-bond donors (Lipinski definition) is 1. The van der Waals surface area contributed by atoms with Crippen LogP contribution < -0.4 is 9.46 Å². The maximum atomic E-state index is 13.1. The van der Waals surface area contributed by atoms with Gasteiger partial charge in [0.15, 0.2) is 11.9 Å². The molecule has 2 fully saturated rings. The van der Waals surface area contributed by atoms with Gasteiger partial charge in [0.25, 0.3) is 5.91 Å². The first-order valence-electron chi connectivity index (χ1n) is 11.1. The summed E-state index contributed by atoms with van der Waals surface area (Å²) in [5, 5.41) is 0.563. The van der Waals surface area contributed by atoms with E-state index < -0.39 is 27.6 Å². The Morgan fingerprint density at radius 3 is 2.48 bits per heavy atom. The molecule has 2 aliphatic rings. The van der Waals surface area contributed by atoms with Crippen LogP contribution in [-0.4, -0.2) is 58.5 Å². The molecule has 186 valence electrons. The SMILES string of the molecule is COc1cc(Br)c(Cl)cc1C(N[S@@](=O)C(C)(C)C)C1CCN(C(=O)[C@H]2COC(C)(C)O2)CC1. The Kier molecular flexibility index (Phi) is 8.55. The Hall–Kier alpha value is -0.710. The molecule has 1 N–H and O–H groups in total. The topological polar surface area (TPSA) is 77.1 Å². The second-order valence-corrected chi connectivity index (χ2v) is 13.2. The molecule has 10 heteroatoms. The van der Waals surface area contributed by atoms with Gasteiger partial charge in [-0.05, 0) is 81.4 Å². The molecular weight excluding hydrogens is 532 g/mol. The zero-order valence-corrected chi connectivity index (χ0v) is 23.2. The van der Waals surface area contributed by atoms with Crippen LogP contribution in [0.3, 0.4) is 0 Å². The summed E-state index contributed by atoms with van der Waals surface area (Å²) in [6.45, 7) is 10.9. The van der Waals surface area contributed by atoms with Crippen molar-refractivity contribution in [2.75, 3.05) is 26.8 Å². The minimum absolute atomic E-state index is 0.0360. The van der Waals surface area contributed by atoms with E-state index in [1.54, 1.807) is 7.11 Å². The fourth-order valence-electron chi connectivity index (χ4n) is 4.14. The summed E-state index contributed by atoms with van der Waals surface area (Å²) < 4.78 is 33.7. The monoisotopic (exact) mass is 564 g/mol. The average molecular weight is 566 g/mol. The molecule has 3 rings (SSSR count). The van der Waals surface area contributed by atoms with Gasteiger partial charge in [-0.2, -0.15) is 0 Å². The third-order valence-electron chi connectivity index (χ3n) is 6.00. The van der Waals surface area contributed by atoms with Crippen LogP contribution in [0, 0.1) is 5.92 Å². The molecule has 0 aliphatic carbocycles. The maximum absolute atomic E-state index is 13.1. The highest BCUT2D eigenvalue weighted by molar-refractivity contribution is 9.10. The Labute approximate surface area is 212 Å². The average Bonchev–Trinajstić information content (AvgIpc) is 3.12. The number of piperidine rings is 1. The number of carbonyl (C=O) groups is 1. The van der Waals surface area contributed by atoms with Gasteiger partial charge in [-0.15, -0.1) is 0 Å². The van der Waals surface area contributed by atoms with Crippen LogP contribution in [0.5, 0.6) is 5.75 Å². The number of likely N-dealkylation sites (tertiary alicyclic amines) is 1. The Balaban J connectivity index is 1.79. The molecule has 0 aromatic heterocycles. The number of ether oxygens (including phenoxy) is 3. The van der Waals surface area contributed by atoms with Gasteiger partial charge in [0.05, 0.1) is 40.5 Å². The predicted octanol–water partition coefficient (Wildman–Crippen LogP) is 4.59. The number of nitrogens with one attached hydrogen (secondary N) is 1. The number of rotatable bonds is 6. The molecule has 7 nitrogen and oxygen atoms in total. The van der Waals surface area contributed by atoms with Gasteiger partial charge in [-0.25, -0.2) is 8.93 Å². The summed E-state index contributed by atoms with van der Waals surface area (Å²) in [6, 6.07) is 3.46. The van der Waals surface area contributed by atoms with E-state index in [1.807, 2.05) is 51.7 Å². The molecule has 3 atom stereocenters. The Bertz CT molecular complexity index is 900. The second kappa shape index (κ2) is 10.5. The van der Waals surface area contributed by atoms with Gasteiger partial charge >= 0.3 is 0 Å². The molecule has 1 amide bonds. The molecule has 1 aromatic rings. The van der Waals surface area contributed by atoms with Crippen LogP contribution in [0.15, 0.2) is 16.6 Å². The van der Waals surface area contributed by atoms with Crippen molar-refractivity contribution in [1.82, 2.24) is 9.62 Å². The minimum Gasteiger partial charge on any atom is -0.496 e. The zero-order chi connectivity index (χ0) is 24.6. The number of hydrogen-bond acceptors (Lipinski definition) is 5. The van der Waals surface area contributed by atoms with Gasteiger partial charge in [0.1, 0.15) is 5.75 Å². The number of amides is 1. The first-order valence-corrected chi connectivity index (χ1v) is 13.5. The molecule has 2 heterocycles. The van der Waals surface area contributed by atoms with E-state index >= 15 is 0 Å². The van der Waals surface area contributed by atoms with Crippen LogP contribution in [0.1, 0.15) is 59.1 Å². The highest BCUT2D eigenvalue weighted by atomic mass is 79.9. The molecule has 1 unspecified atom stereocenters. The number of benzene rings is 1. The quantitative estimate of drug-likeness (QED) is 0.546. The molecule has 1 aromatic carbocycles. The van der Waals surface area contributed by atoms with E-state index in [0.717, 1.165) is 22.9 Å². The van der Waals surface area contributed by atoms with Crippen LogP contribution in [0.25, 0.3) is 0 Å². The van der Waals surface area contributed by atoms with Crippen molar-refractivity contribution < 1.29 is 23.2 Å². The van der Waals surface area contributed by atoms with E-state index in [0.29, 0.717) is 23.9 Å². The Morgan fingerprint density at radius 2 is 1.97 bits per heavy atom. The van der Waals surface area contributed by atoms with Gasteiger partial charge < -0.3 is 19.1 Å². The largest absolute Gasteiger partial charge is 0.496 e. The van der Waals surface area contributed by atoms with E-state index in [-0.39, 0.29) is 24.5 Å². The number of halogens is 2. The van der Waals surface area contributed by atoms with Crippen molar-refractivity contribution in [2.24, 2.45) is 5.92 Å². The smallest absolute Gasteiger partial charge is 0.254 e. The summed E-state index contributed by atoms with van der Waals surface area (Å²) in [4.78, 5) is 14.8.